The maximum atomic E-state index is 12.0. The van der Waals surface area contributed by atoms with Crippen LogP contribution in [0.4, 0.5) is 0 Å². The molecule has 8 atom stereocenters. The lowest BCUT2D eigenvalue weighted by molar-refractivity contribution is -0.419. The van der Waals surface area contributed by atoms with E-state index >= 15 is 0 Å². The summed E-state index contributed by atoms with van der Waals surface area (Å²) in [4.78, 5) is 61.2. The summed E-state index contributed by atoms with van der Waals surface area (Å²) in [7, 11) is -11.0. The third-order valence-corrected chi connectivity index (χ3v) is 7.70. The monoisotopic (exact) mass is 528 g/mol. The molecule has 3 rings (SSSR count). The number of carbonyl (C=O) groups excluding carboxylic acids is 1. The topological polar surface area (TPSA) is 246 Å². The van der Waals surface area contributed by atoms with E-state index in [1.807, 2.05) is 0 Å². The Balaban J connectivity index is 1.57. The number of aryl methyl sites for hydroxylation is 1. The maximum Gasteiger partial charge on any atom is 0.330 e. The highest BCUT2D eigenvalue weighted by molar-refractivity contribution is 7.59. The highest BCUT2D eigenvalue weighted by atomic mass is 31.3. The zero-order chi connectivity index (χ0) is 25.4. The fraction of sp³-hybridized carbons (Fsp3) is 0.688. The van der Waals surface area contributed by atoms with E-state index < -0.39 is 70.4 Å². The van der Waals surface area contributed by atoms with Crippen molar-refractivity contribution >= 4 is 21.4 Å². The summed E-state index contributed by atoms with van der Waals surface area (Å²) < 4.78 is 48.6. The Morgan fingerprint density at radius 3 is 2.56 bits per heavy atom. The van der Waals surface area contributed by atoms with E-state index in [9.17, 15) is 38.4 Å². The van der Waals surface area contributed by atoms with Crippen LogP contribution in [0.25, 0.3) is 0 Å². The van der Waals surface area contributed by atoms with Crippen LogP contribution in [0.2, 0.25) is 0 Å². The van der Waals surface area contributed by atoms with Crippen LogP contribution in [0.1, 0.15) is 31.6 Å². The molecular weight excluding hydrogens is 504 g/mol. The zero-order valence-corrected chi connectivity index (χ0v) is 19.8. The molecule has 5 N–H and O–H groups in total. The van der Waals surface area contributed by atoms with Gasteiger partial charge >= 0.3 is 5.69 Å². The number of hydrogen-bond donors (Lipinski definition) is 3. The van der Waals surface area contributed by atoms with Crippen LogP contribution >= 0.6 is 15.6 Å². The standard InChI is InChI=1S/C16H25N3O13P2/c1-7-5-19(16(23)18-15(7)22)12-4-10(20)11(30-12)6-28-33(24,25)32-34(26,27)31-13-3-9(17)14(21)8(2)29-13/h5,8-13,20H,3-4,6,17H2,1-2H3,(H,24,25)(H,26,27)(H,18,22,23)/p-1/t8-,9-,10-,11+,12+,13+/m0/s1. The van der Waals surface area contributed by atoms with Gasteiger partial charge in [-0.2, -0.15) is 0 Å². The molecule has 0 saturated carbocycles. The Morgan fingerprint density at radius 1 is 1.24 bits per heavy atom. The number of ketones is 1. The van der Waals surface area contributed by atoms with Gasteiger partial charge in [0.05, 0.1) is 19.1 Å². The van der Waals surface area contributed by atoms with Crippen molar-refractivity contribution in [3.8, 4) is 0 Å². The second-order valence-corrected chi connectivity index (χ2v) is 10.7. The van der Waals surface area contributed by atoms with Gasteiger partial charge in [-0.3, -0.25) is 32.8 Å². The predicted molar refractivity (Wildman–Crippen MR) is 105 cm³/mol. The van der Waals surface area contributed by atoms with E-state index in [0.717, 1.165) is 4.57 Å². The summed E-state index contributed by atoms with van der Waals surface area (Å²) in [6, 6.07) is -0.822. The Bertz CT molecular complexity index is 1120. The summed E-state index contributed by atoms with van der Waals surface area (Å²) in [5.41, 5.74) is 2.35. The molecule has 2 fully saturated rings. The van der Waals surface area contributed by atoms with E-state index in [-0.39, 0.29) is 24.2 Å². The normalized spacial score (nSPS) is 33.4. The van der Waals surface area contributed by atoms with E-state index in [2.05, 4.69) is 24.1 Å². The third kappa shape index (κ3) is 6.56. The van der Waals surface area contributed by atoms with Crippen LogP contribution in [0.3, 0.4) is 0 Å². The van der Waals surface area contributed by atoms with E-state index in [1.54, 1.807) is 0 Å². The van der Waals surface area contributed by atoms with Gasteiger partial charge in [-0.1, -0.05) is 0 Å². The second-order valence-electron chi connectivity index (χ2n) is 7.83. The highest BCUT2D eigenvalue weighted by Gasteiger charge is 2.39. The summed E-state index contributed by atoms with van der Waals surface area (Å²) in [5, 5.41) is 10.1. The number of Topliss-reactive ketones (excluding diaryl/α,β-unsaturated/α-hetero) is 1. The number of aliphatic hydroxyl groups is 1. The summed E-state index contributed by atoms with van der Waals surface area (Å²) in [5.74, 6) is -0.368. The molecule has 18 heteroatoms. The number of phosphoric acid groups is 2. The van der Waals surface area contributed by atoms with Crippen molar-refractivity contribution in [2.45, 2.75) is 63.6 Å². The first-order valence-electron chi connectivity index (χ1n) is 10.0. The molecule has 2 aliphatic rings. The molecule has 2 unspecified atom stereocenters. The number of phosphoric ester groups is 2. The van der Waals surface area contributed by atoms with Gasteiger partial charge in [-0.15, -0.1) is 0 Å². The third-order valence-electron chi connectivity index (χ3n) is 5.14. The summed E-state index contributed by atoms with van der Waals surface area (Å²) in [6.45, 7) is 1.96. The van der Waals surface area contributed by atoms with Crippen LogP contribution in [0.5, 0.6) is 0 Å². The van der Waals surface area contributed by atoms with Gasteiger partial charge in [-0.25, -0.2) is 9.11 Å². The average molecular weight is 528 g/mol. The molecule has 3 heterocycles. The Kier molecular flexibility index (Phi) is 8.12. The second kappa shape index (κ2) is 10.2. The Morgan fingerprint density at radius 2 is 1.91 bits per heavy atom. The fourth-order valence-corrected chi connectivity index (χ4v) is 5.48. The minimum atomic E-state index is -5.51. The van der Waals surface area contributed by atoms with E-state index in [0.29, 0.717) is 0 Å². The predicted octanol–water partition coefficient (Wildman–Crippen LogP) is -3.21. The van der Waals surface area contributed by atoms with Crippen molar-refractivity contribution in [2.75, 3.05) is 6.61 Å². The molecule has 16 nitrogen and oxygen atoms in total. The molecule has 0 aromatic carbocycles. The molecule has 1 aromatic rings. The van der Waals surface area contributed by atoms with Gasteiger partial charge in [0.1, 0.15) is 18.4 Å². The largest absolute Gasteiger partial charge is 0.756 e. The SMILES string of the molecule is Cc1cn([C@H]2C[C@H](O)[C@@H](COP(=O)([O-])OP(=O)([O-])O[C@@H]3C[C@H]([NH3+])C(=O)[C@H](C)O3)O2)c(=O)[nH]c1=O. The highest BCUT2D eigenvalue weighted by Crippen LogP contribution is 2.56. The first-order valence-corrected chi connectivity index (χ1v) is 12.9. The smallest absolute Gasteiger partial charge is 0.330 e. The molecular formula is C16H24N3O13P2-. The molecule has 2 saturated heterocycles. The number of nitrogens with one attached hydrogen (secondary N) is 1. The van der Waals surface area contributed by atoms with Gasteiger partial charge in [0, 0.05) is 18.2 Å². The van der Waals surface area contributed by atoms with Crippen molar-refractivity contribution in [1.29, 1.82) is 0 Å². The van der Waals surface area contributed by atoms with Crippen molar-refractivity contribution in [3.05, 3.63) is 32.6 Å². The van der Waals surface area contributed by atoms with Crippen molar-refractivity contribution in [2.24, 2.45) is 0 Å². The minimum absolute atomic E-state index is 0.144. The van der Waals surface area contributed by atoms with E-state index in [1.165, 1.54) is 20.0 Å². The summed E-state index contributed by atoms with van der Waals surface area (Å²) >= 11 is 0. The Labute approximate surface area is 191 Å². The quantitative estimate of drug-likeness (QED) is 0.282. The van der Waals surface area contributed by atoms with Crippen LogP contribution in [-0.4, -0.2) is 57.7 Å². The minimum Gasteiger partial charge on any atom is -0.756 e. The average Bonchev–Trinajstić information content (AvgIpc) is 3.06. The number of ether oxygens (including phenoxy) is 2. The molecule has 0 bridgehead atoms. The van der Waals surface area contributed by atoms with Crippen LogP contribution in [0, 0.1) is 6.92 Å². The number of aromatic nitrogens is 2. The molecule has 1 aromatic heterocycles. The van der Waals surface area contributed by atoms with Crippen LogP contribution in [-0.2, 0) is 36.8 Å². The number of aliphatic hydroxyl groups excluding tert-OH is 1. The number of rotatable bonds is 8. The number of hydrogen-bond acceptors (Lipinski definition) is 13. The molecule has 34 heavy (non-hydrogen) atoms. The number of nitrogens with zero attached hydrogens (tertiary/aromatic N) is 1. The molecule has 0 amide bonds. The van der Waals surface area contributed by atoms with Crippen molar-refractivity contribution < 1.29 is 57.4 Å². The number of H-pyrrole nitrogens is 1. The first-order chi connectivity index (χ1) is 15.7. The number of quaternary nitrogens is 1. The molecule has 0 aliphatic carbocycles. The summed E-state index contributed by atoms with van der Waals surface area (Å²) in [6.07, 6.45) is -5.28. The van der Waals surface area contributed by atoms with Crippen molar-refractivity contribution in [3.63, 3.8) is 0 Å². The molecule has 2 aliphatic heterocycles. The van der Waals surface area contributed by atoms with Gasteiger partial charge < -0.3 is 34.6 Å². The molecule has 0 radical (unpaired) electrons. The molecule has 0 spiro atoms. The first kappa shape index (κ1) is 27.0. The lowest BCUT2D eigenvalue weighted by Gasteiger charge is -2.35. The van der Waals surface area contributed by atoms with Crippen LogP contribution < -0.4 is 26.8 Å². The lowest BCUT2D eigenvalue weighted by Crippen LogP contribution is -2.70. The van der Waals surface area contributed by atoms with Gasteiger partial charge in [0.25, 0.3) is 21.2 Å². The number of aromatic amines is 1. The fourth-order valence-electron chi connectivity index (χ4n) is 3.41. The van der Waals surface area contributed by atoms with Gasteiger partial charge in [0.15, 0.2) is 12.3 Å². The maximum absolute atomic E-state index is 12.0. The van der Waals surface area contributed by atoms with Crippen LogP contribution in [0.15, 0.2) is 15.8 Å². The van der Waals surface area contributed by atoms with Gasteiger partial charge in [0.2, 0.25) is 5.78 Å². The van der Waals surface area contributed by atoms with Gasteiger partial charge in [-0.05, 0) is 13.8 Å². The van der Waals surface area contributed by atoms with E-state index in [4.69, 9.17) is 9.47 Å². The van der Waals surface area contributed by atoms with Crippen molar-refractivity contribution in [1.82, 2.24) is 9.55 Å². The number of carbonyl (C=O) groups is 1. The Hall–Kier alpha value is -1.55. The lowest BCUT2D eigenvalue weighted by atomic mass is 10.0. The zero-order valence-electron chi connectivity index (χ0n) is 18.1. The molecule has 192 valence electrons.